The molecule has 1 aromatic carbocycles. The van der Waals surface area contributed by atoms with Crippen molar-refractivity contribution in [2.75, 3.05) is 0 Å². The minimum absolute atomic E-state index is 0.0253. The Bertz CT molecular complexity index is 758. The fourth-order valence-corrected chi connectivity index (χ4v) is 3.33. The number of carbonyl (C=O) groups excluding carboxylic acids is 1. The fraction of sp³-hybridized carbons (Fsp3) is 0.368. The molecule has 1 heterocycles. The molecule has 126 valence electrons. The molecule has 0 unspecified atom stereocenters. The van der Waals surface area contributed by atoms with E-state index in [9.17, 15) is 9.18 Å². The zero-order valence-corrected chi connectivity index (χ0v) is 14.9. The minimum atomic E-state index is -0.260. The van der Waals surface area contributed by atoms with Crippen LogP contribution in [0.2, 0.25) is 0 Å². The van der Waals surface area contributed by atoms with E-state index in [4.69, 9.17) is 0 Å². The Morgan fingerprint density at radius 3 is 2.54 bits per heavy atom. The van der Waals surface area contributed by atoms with E-state index in [1.54, 1.807) is 6.07 Å². The highest BCUT2D eigenvalue weighted by Crippen LogP contribution is 2.47. The number of hydrogen-bond acceptors (Lipinski definition) is 3. The molecule has 1 aromatic heterocycles. The fourth-order valence-electron chi connectivity index (χ4n) is 2.72. The minimum Gasteiger partial charge on any atom is -0.273 e. The van der Waals surface area contributed by atoms with Gasteiger partial charge in [0.2, 0.25) is 5.91 Å². The maximum Gasteiger partial charge on any atom is 0.243 e. The summed E-state index contributed by atoms with van der Waals surface area (Å²) in [6, 6.07) is 11.5. The first-order valence-electron chi connectivity index (χ1n) is 8.03. The van der Waals surface area contributed by atoms with Crippen LogP contribution in [0.5, 0.6) is 0 Å². The molecule has 0 spiro atoms. The smallest absolute Gasteiger partial charge is 0.243 e. The van der Waals surface area contributed by atoms with Gasteiger partial charge in [-0.1, -0.05) is 45.0 Å². The SMILES string of the molecule is CC(C)(C)c1ccc([C@@H]2C[C@@H]2C(=O)N/N=C\c2ccc(F)s2)cc1. The van der Waals surface area contributed by atoms with E-state index < -0.39 is 0 Å². The van der Waals surface area contributed by atoms with E-state index in [0.29, 0.717) is 4.88 Å². The van der Waals surface area contributed by atoms with Gasteiger partial charge in [0.15, 0.2) is 5.13 Å². The zero-order chi connectivity index (χ0) is 17.3. The Hall–Kier alpha value is -2.01. The lowest BCUT2D eigenvalue weighted by Crippen LogP contribution is -2.20. The predicted octanol–water partition coefficient (Wildman–Crippen LogP) is 4.44. The van der Waals surface area contributed by atoms with E-state index in [0.717, 1.165) is 17.8 Å². The average molecular weight is 344 g/mol. The zero-order valence-electron chi connectivity index (χ0n) is 14.0. The summed E-state index contributed by atoms with van der Waals surface area (Å²) in [7, 11) is 0. The van der Waals surface area contributed by atoms with Crippen molar-refractivity contribution in [1.29, 1.82) is 0 Å². The van der Waals surface area contributed by atoms with Crippen molar-refractivity contribution in [1.82, 2.24) is 5.43 Å². The largest absolute Gasteiger partial charge is 0.273 e. The quantitative estimate of drug-likeness (QED) is 0.646. The Balaban J connectivity index is 1.54. The number of rotatable bonds is 4. The summed E-state index contributed by atoms with van der Waals surface area (Å²) in [5.74, 6) is 0.171. The first-order valence-corrected chi connectivity index (χ1v) is 8.85. The molecule has 2 atom stereocenters. The van der Waals surface area contributed by atoms with Gasteiger partial charge in [-0.15, -0.1) is 11.3 Å². The number of nitrogens with one attached hydrogen (secondary N) is 1. The molecule has 0 aliphatic heterocycles. The number of amides is 1. The molecule has 3 rings (SSSR count). The third kappa shape index (κ3) is 3.90. The topological polar surface area (TPSA) is 41.5 Å². The average Bonchev–Trinajstić information content (AvgIpc) is 3.23. The lowest BCUT2D eigenvalue weighted by Gasteiger charge is -2.19. The van der Waals surface area contributed by atoms with Crippen molar-refractivity contribution in [3.63, 3.8) is 0 Å². The van der Waals surface area contributed by atoms with E-state index in [1.807, 2.05) is 0 Å². The monoisotopic (exact) mass is 344 g/mol. The summed E-state index contributed by atoms with van der Waals surface area (Å²) in [4.78, 5) is 12.8. The predicted molar refractivity (Wildman–Crippen MR) is 96.0 cm³/mol. The number of hydrogen-bond donors (Lipinski definition) is 1. The lowest BCUT2D eigenvalue weighted by molar-refractivity contribution is -0.122. The molecule has 1 aliphatic rings. The second-order valence-corrected chi connectivity index (χ2v) is 8.26. The summed E-state index contributed by atoms with van der Waals surface area (Å²) >= 11 is 0.997. The number of nitrogens with zero attached hydrogens (tertiary/aromatic N) is 1. The van der Waals surface area contributed by atoms with Gasteiger partial charge in [0.25, 0.3) is 0 Å². The Morgan fingerprint density at radius 2 is 1.96 bits per heavy atom. The van der Waals surface area contributed by atoms with Gasteiger partial charge in [0, 0.05) is 5.92 Å². The molecular formula is C19H21FN2OS. The standard InChI is InChI=1S/C19H21FN2OS/c1-19(2,3)13-6-4-12(5-7-13)15-10-16(15)18(23)22-21-11-14-8-9-17(20)24-14/h4-9,11,15-16H,10H2,1-3H3,(H,22,23)/b21-11-/t15-,16-/m0/s1. The van der Waals surface area contributed by atoms with E-state index in [1.165, 1.54) is 23.4 Å². The summed E-state index contributed by atoms with van der Waals surface area (Å²) in [6.45, 7) is 6.56. The molecule has 0 radical (unpaired) electrons. The van der Waals surface area contributed by atoms with Crippen LogP contribution in [0.25, 0.3) is 0 Å². The highest BCUT2D eigenvalue weighted by Gasteiger charge is 2.43. The molecule has 5 heteroatoms. The van der Waals surface area contributed by atoms with Gasteiger partial charge < -0.3 is 0 Å². The summed E-state index contributed by atoms with van der Waals surface area (Å²) in [6.07, 6.45) is 2.32. The molecule has 2 aromatic rings. The van der Waals surface area contributed by atoms with Crippen molar-refractivity contribution in [3.05, 3.63) is 57.5 Å². The molecule has 1 fully saturated rings. The van der Waals surface area contributed by atoms with Crippen LogP contribution in [0, 0.1) is 11.0 Å². The number of carbonyl (C=O) groups is 1. The van der Waals surface area contributed by atoms with Crippen LogP contribution in [0.4, 0.5) is 4.39 Å². The number of halogens is 1. The highest BCUT2D eigenvalue weighted by molar-refractivity contribution is 7.12. The molecule has 0 saturated heterocycles. The van der Waals surface area contributed by atoms with Crippen molar-refractivity contribution in [3.8, 4) is 0 Å². The number of benzene rings is 1. The maximum absolute atomic E-state index is 12.9. The first kappa shape index (κ1) is 16.8. The van der Waals surface area contributed by atoms with Gasteiger partial charge >= 0.3 is 0 Å². The van der Waals surface area contributed by atoms with Crippen LogP contribution in [-0.2, 0) is 10.2 Å². The van der Waals surface area contributed by atoms with Crippen molar-refractivity contribution in [2.45, 2.75) is 38.5 Å². The summed E-state index contributed by atoms with van der Waals surface area (Å²) in [5.41, 5.74) is 5.18. The normalized spacial score (nSPS) is 20.3. The lowest BCUT2D eigenvalue weighted by atomic mass is 9.86. The molecule has 1 aliphatic carbocycles. The van der Waals surface area contributed by atoms with Crippen LogP contribution in [0.15, 0.2) is 41.5 Å². The second kappa shape index (κ2) is 6.48. The second-order valence-electron chi connectivity index (χ2n) is 7.20. The Kier molecular flexibility index (Phi) is 4.54. The summed E-state index contributed by atoms with van der Waals surface area (Å²) in [5, 5.41) is 3.65. The molecule has 1 amide bonds. The van der Waals surface area contributed by atoms with Crippen molar-refractivity contribution >= 4 is 23.5 Å². The maximum atomic E-state index is 12.9. The van der Waals surface area contributed by atoms with Crippen molar-refractivity contribution < 1.29 is 9.18 Å². The Labute approximate surface area is 145 Å². The Morgan fingerprint density at radius 1 is 1.25 bits per heavy atom. The van der Waals surface area contributed by atoms with Crippen LogP contribution < -0.4 is 5.43 Å². The number of thiophene rings is 1. The van der Waals surface area contributed by atoms with Crippen LogP contribution in [0.3, 0.4) is 0 Å². The van der Waals surface area contributed by atoms with Gasteiger partial charge in [-0.25, -0.2) is 5.43 Å². The molecule has 1 saturated carbocycles. The molecule has 1 N–H and O–H groups in total. The third-order valence-electron chi connectivity index (χ3n) is 4.29. The van der Waals surface area contributed by atoms with Gasteiger partial charge in [0.1, 0.15) is 0 Å². The number of hydrazone groups is 1. The van der Waals surface area contributed by atoms with Crippen LogP contribution in [0.1, 0.15) is 49.1 Å². The molecule has 24 heavy (non-hydrogen) atoms. The molecular weight excluding hydrogens is 323 g/mol. The van der Waals surface area contributed by atoms with Crippen LogP contribution >= 0.6 is 11.3 Å². The third-order valence-corrected chi connectivity index (χ3v) is 5.10. The van der Waals surface area contributed by atoms with E-state index >= 15 is 0 Å². The van der Waals surface area contributed by atoms with E-state index in [-0.39, 0.29) is 28.3 Å². The van der Waals surface area contributed by atoms with Gasteiger partial charge in [-0.3, -0.25) is 4.79 Å². The van der Waals surface area contributed by atoms with Gasteiger partial charge in [-0.05, 0) is 41.0 Å². The van der Waals surface area contributed by atoms with E-state index in [2.05, 4.69) is 55.6 Å². The van der Waals surface area contributed by atoms with Gasteiger partial charge in [0.05, 0.1) is 11.1 Å². The first-order chi connectivity index (χ1) is 11.3. The molecule has 3 nitrogen and oxygen atoms in total. The van der Waals surface area contributed by atoms with Crippen LogP contribution in [-0.4, -0.2) is 12.1 Å². The highest BCUT2D eigenvalue weighted by atomic mass is 32.1. The molecule has 0 bridgehead atoms. The summed E-state index contributed by atoms with van der Waals surface area (Å²) < 4.78 is 12.9. The van der Waals surface area contributed by atoms with Crippen molar-refractivity contribution in [2.24, 2.45) is 11.0 Å². The van der Waals surface area contributed by atoms with Gasteiger partial charge in [-0.2, -0.15) is 9.49 Å².